The fraction of sp³-hybridized carbons (Fsp3) is 0.450. The third kappa shape index (κ3) is 4.56. The van der Waals surface area contributed by atoms with Gasteiger partial charge in [-0.15, -0.1) is 11.3 Å². The smallest absolute Gasteiger partial charge is 0.252 e. The van der Waals surface area contributed by atoms with E-state index in [1.807, 2.05) is 35.2 Å². The Hall–Kier alpha value is -1.49. The molecule has 0 saturated carbocycles. The normalized spacial score (nSPS) is 20.2. The van der Waals surface area contributed by atoms with E-state index in [-0.39, 0.29) is 10.1 Å². The highest BCUT2D eigenvalue weighted by Crippen LogP contribution is 2.30. The van der Waals surface area contributed by atoms with Gasteiger partial charge in [0.05, 0.1) is 17.6 Å². The van der Waals surface area contributed by atoms with Crippen molar-refractivity contribution in [2.75, 3.05) is 52.5 Å². The molecule has 0 radical (unpaired) electrons. The van der Waals surface area contributed by atoms with Crippen LogP contribution in [0.3, 0.4) is 0 Å². The van der Waals surface area contributed by atoms with Crippen LogP contribution in [-0.4, -0.2) is 80.9 Å². The molecule has 0 aliphatic carbocycles. The minimum atomic E-state index is -3.57. The van der Waals surface area contributed by atoms with Crippen molar-refractivity contribution in [2.45, 2.75) is 10.3 Å². The molecular weight excluding hydrogens is 446 g/mol. The second kappa shape index (κ2) is 9.33. The summed E-state index contributed by atoms with van der Waals surface area (Å²) in [6, 6.07) is 12.4. The van der Waals surface area contributed by atoms with Crippen molar-refractivity contribution in [3.05, 3.63) is 52.4 Å². The van der Waals surface area contributed by atoms with Gasteiger partial charge in [-0.05, 0) is 17.7 Å². The fourth-order valence-electron chi connectivity index (χ4n) is 3.87. The number of piperazine rings is 1. The zero-order valence-corrected chi connectivity index (χ0v) is 18.8. The molecular formula is C20H24ClN3O4S2. The molecule has 0 N–H and O–H groups in total. The van der Waals surface area contributed by atoms with Crippen molar-refractivity contribution in [1.29, 1.82) is 0 Å². The quantitative estimate of drug-likeness (QED) is 0.672. The van der Waals surface area contributed by atoms with Gasteiger partial charge < -0.3 is 9.64 Å². The summed E-state index contributed by atoms with van der Waals surface area (Å²) in [6.45, 7) is 3.87. The average Bonchev–Trinajstić information content (AvgIpc) is 3.23. The lowest BCUT2D eigenvalue weighted by atomic mass is 10.0. The van der Waals surface area contributed by atoms with Crippen LogP contribution in [0, 0.1) is 0 Å². The molecule has 3 heterocycles. The van der Waals surface area contributed by atoms with Gasteiger partial charge in [0.15, 0.2) is 0 Å². The molecule has 2 fully saturated rings. The highest BCUT2D eigenvalue weighted by atomic mass is 35.5. The van der Waals surface area contributed by atoms with E-state index in [4.69, 9.17) is 16.3 Å². The van der Waals surface area contributed by atoms with Crippen LogP contribution in [-0.2, 0) is 19.6 Å². The number of thiophene rings is 1. The number of carbonyl (C=O) groups excluding carboxylic acids is 1. The van der Waals surface area contributed by atoms with Gasteiger partial charge in [-0.1, -0.05) is 41.9 Å². The van der Waals surface area contributed by atoms with Crippen molar-refractivity contribution in [1.82, 2.24) is 14.1 Å². The Kier molecular flexibility index (Phi) is 6.76. The number of benzene rings is 1. The largest absolute Gasteiger partial charge is 0.378 e. The van der Waals surface area contributed by atoms with E-state index in [2.05, 4.69) is 4.90 Å². The van der Waals surface area contributed by atoms with Crippen molar-refractivity contribution >= 4 is 38.9 Å². The molecule has 4 rings (SSSR count). The van der Waals surface area contributed by atoms with Gasteiger partial charge in [0.1, 0.15) is 10.3 Å². The molecule has 1 atom stereocenters. The number of hydrogen-bond donors (Lipinski definition) is 0. The van der Waals surface area contributed by atoms with Gasteiger partial charge in [0.25, 0.3) is 10.0 Å². The van der Waals surface area contributed by atoms with Crippen LogP contribution in [0.5, 0.6) is 0 Å². The zero-order chi connectivity index (χ0) is 21.1. The Balaban J connectivity index is 1.51. The van der Waals surface area contributed by atoms with Gasteiger partial charge in [-0.25, -0.2) is 8.42 Å². The summed E-state index contributed by atoms with van der Waals surface area (Å²) in [7, 11) is -3.57. The minimum Gasteiger partial charge on any atom is -0.378 e. The van der Waals surface area contributed by atoms with E-state index in [0.717, 1.165) is 16.9 Å². The number of hydrogen-bond acceptors (Lipinski definition) is 6. The number of amides is 1. The zero-order valence-electron chi connectivity index (χ0n) is 16.4. The van der Waals surface area contributed by atoms with E-state index in [9.17, 15) is 13.2 Å². The van der Waals surface area contributed by atoms with Crippen LogP contribution in [0.15, 0.2) is 46.7 Å². The first kappa shape index (κ1) is 21.7. The number of rotatable bonds is 5. The van der Waals surface area contributed by atoms with Crippen LogP contribution in [0.4, 0.5) is 0 Å². The maximum Gasteiger partial charge on any atom is 0.252 e. The third-order valence-electron chi connectivity index (χ3n) is 5.45. The first-order valence-corrected chi connectivity index (χ1v) is 12.5. The molecule has 7 nitrogen and oxygen atoms in total. The maximum absolute atomic E-state index is 13.4. The number of morpholine rings is 1. The highest BCUT2D eigenvalue weighted by molar-refractivity contribution is 7.91. The summed E-state index contributed by atoms with van der Waals surface area (Å²) in [5.74, 6) is 0.0471. The number of halogens is 1. The van der Waals surface area contributed by atoms with Crippen LogP contribution in [0.25, 0.3) is 0 Å². The fourth-order valence-corrected chi connectivity index (χ4v) is 6.93. The number of ether oxygens (including phenoxy) is 1. The molecule has 2 saturated heterocycles. The van der Waals surface area contributed by atoms with Crippen LogP contribution in [0.2, 0.25) is 4.34 Å². The van der Waals surface area contributed by atoms with E-state index in [1.54, 1.807) is 12.1 Å². The van der Waals surface area contributed by atoms with Gasteiger partial charge in [-0.2, -0.15) is 4.31 Å². The number of nitrogens with zero attached hydrogens (tertiary/aromatic N) is 3. The minimum absolute atomic E-state index is 0.0471. The highest BCUT2D eigenvalue weighted by Gasteiger charge is 2.36. The first-order valence-electron chi connectivity index (χ1n) is 9.88. The van der Waals surface area contributed by atoms with Crippen LogP contribution >= 0.6 is 22.9 Å². The average molecular weight is 470 g/mol. The molecule has 10 heteroatoms. The molecule has 2 aliphatic heterocycles. The van der Waals surface area contributed by atoms with Crippen molar-refractivity contribution < 1.29 is 17.9 Å². The second-order valence-electron chi connectivity index (χ2n) is 7.25. The van der Waals surface area contributed by atoms with E-state index >= 15 is 0 Å². The van der Waals surface area contributed by atoms with E-state index in [1.165, 1.54) is 4.31 Å². The molecule has 1 amide bonds. The first-order chi connectivity index (χ1) is 14.5. The molecule has 1 aromatic heterocycles. The Labute approximate surface area is 185 Å². The van der Waals surface area contributed by atoms with Gasteiger partial charge in [-0.3, -0.25) is 9.69 Å². The molecule has 162 valence electrons. The maximum atomic E-state index is 13.4. The topological polar surface area (TPSA) is 70.2 Å². The molecule has 0 unspecified atom stereocenters. The molecule has 1 aromatic carbocycles. The lowest BCUT2D eigenvalue weighted by Gasteiger charge is -2.40. The molecule has 0 spiro atoms. The van der Waals surface area contributed by atoms with Crippen LogP contribution in [0.1, 0.15) is 11.6 Å². The predicted octanol–water partition coefficient (Wildman–Crippen LogP) is 2.31. The van der Waals surface area contributed by atoms with Gasteiger partial charge >= 0.3 is 0 Å². The Morgan fingerprint density at radius 1 is 0.967 bits per heavy atom. The van der Waals surface area contributed by atoms with Gasteiger partial charge in [0.2, 0.25) is 5.91 Å². The monoisotopic (exact) mass is 469 g/mol. The molecule has 30 heavy (non-hydrogen) atoms. The standard InChI is InChI=1S/C20H24ClN3O4S2/c21-17-6-7-18(29-17)30(26,27)24-10-8-22(9-11-24)19(16-4-2-1-3-5-16)20(25)23-12-14-28-15-13-23/h1-7,19H,8-15H2/t19-/m0/s1. The summed E-state index contributed by atoms with van der Waals surface area (Å²) in [5, 5.41) is 0. The van der Waals surface area contributed by atoms with E-state index in [0.29, 0.717) is 56.8 Å². The van der Waals surface area contributed by atoms with Gasteiger partial charge in [0, 0.05) is 39.3 Å². The summed E-state index contributed by atoms with van der Waals surface area (Å²) < 4.78 is 33.4. The van der Waals surface area contributed by atoms with Crippen molar-refractivity contribution in [3.63, 3.8) is 0 Å². The molecule has 2 aromatic rings. The lowest BCUT2D eigenvalue weighted by molar-refractivity contribution is -0.142. The number of sulfonamides is 1. The predicted molar refractivity (Wildman–Crippen MR) is 116 cm³/mol. The van der Waals surface area contributed by atoms with E-state index < -0.39 is 16.1 Å². The Bertz CT molecular complexity index is 969. The van der Waals surface area contributed by atoms with Crippen LogP contribution < -0.4 is 0 Å². The summed E-state index contributed by atoms with van der Waals surface area (Å²) in [6.07, 6.45) is 0. The molecule has 2 aliphatic rings. The Morgan fingerprint density at radius 3 is 2.23 bits per heavy atom. The van der Waals surface area contributed by atoms with Crippen molar-refractivity contribution in [3.8, 4) is 0 Å². The summed E-state index contributed by atoms with van der Waals surface area (Å²) in [5.41, 5.74) is 0.926. The summed E-state index contributed by atoms with van der Waals surface area (Å²) >= 11 is 6.99. The number of carbonyl (C=O) groups is 1. The summed E-state index contributed by atoms with van der Waals surface area (Å²) in [4.78, 5) is 17.3. The lowest BCUT2D eigenvalue weighted by Crippen LogP contribution is -2.53. The SMILES string of the molecule is O=C([C@H](c1ccccc1)N1CCN(S(=O)(=O)c2ccc(Cl)s2)CC1)N1CCOCC1. The molecule has 0 bridgehead atoms. The Morgan fingerprint density at radius 2 is 1.63 bits per heavy atom. The third-order valence-corrected chi connectivity index (χ3v) is 9.05. The second-order valence-corrected chi connectivity index (χ2v) is 11.1. The van der Waals surface area contributed by atoms with Crippen molar-refractivity contribution in [2.24, 2.45) is 0 Å².